The van der Waals surface area contributed by atoms with E-state index in [0.29, 0.717) is 24.4 Å². The SMILES string of the molecule is Cc1ccc(NC(=O)CC(C)NC2CC(N(CC(=O)O)CC3CC3)C2)c(C)c1. The molecule has 6 nitrogen and oxygen atoms in total. The molecule has 0 spiro atoms. The molecule has 1 unspecified atom stereocenters. The summed E-state index contributed by atoms with van der Waals surface area (Å²) in [5.74, 6) is -0.0308. The molecule has 1 amide bonds. The lowest BCUT2D eigenvalue weighted by atomic mass is 9.84. The first-order valence-corrected chi connectivity index (χ1v) is 10.4. The zero-order valence-electron chi connectivity index (χ0n) is 17.2. The Kier molecular flexibility index (Phi) is 6.73. The number of amides is 1. The van der Waals surface area contributed by atoms with Crippen molar-refractivity contribution in [2.45, 2.75) is 71.0 Å². The summed E-state index contributed by atoms with van der Waals surface area (Å²) < 4.78 is 0. The van der Waals surface area contributed by atoms with Crippen molar-refractivity contribution in [1.82, 2.24) is 10.2 Å². The molecular formula is C22H33N3O3. The van der Waals surface area contributed by atoms with Crippen LogP contribution in [0.3, 0.4) is 0 Å². The summed E-state index contributed by atoms with van der Waals surface area (Å²) in [6.45, 7) is 7.13. The summed E-state index contributed by atoms with van der Waals surface area (Å²) in [6, 6.07) is 6.83. The average molecular weight is 388 g/mol. The summed E-state index contributed by atoms with van der Waals surface area (Å²) >= 11 is 0. The van der Waals surface area contributed by atoms with Gasteiger partial charge in [0.2, 0.25) is 5.91 Å². The van der Waals surface area contributed by atoms with E-state index in [4.69, 9.17) is 5.11 Å². The number of rotatable bonds is 10. The number of carbonyl (C=O) groups excluding carboxylic acids is 1. The van der Waals surface area contributed by atoms with Gasteiger partial charge in [-0.25, -0.2) is 0 Å². The van der Waals surface area contributed by atoms with Crippen molar-refractivity contribution in [3.63, 3.8) is 0 Å². The van der Waals surface area contributed by atoms with Crippen LogP contribution in [0.5, 0.6) is 0 Å². The van der Waals surface area contributed by atoms with Crippen LogP contribution in [0.25, 0.3) is 0 Å². The van der Waals surface area contributed by atoms with Crippen molar-refractivity contribution in [2.75, 3.05) is 18.4 Å². The highest BCUT2D eigenvalue weighted by Crippen LogP contribution is 2.34. The van der Waals surface area contributed by atoms with Crippen LogP contribution >= 0.6 is 0 Å². The quantitative estimate of drug-likeness (QED) is 0.575. The van der Waals surface area contributed by atoms with Crippen LogP contribution in [-0.2, 0) is 9.59 Å². The molecule has 1 aromatic carbocycles. The predicted molar refractivity (Wildman–Crippen MR) is 111 cm³/mol. The number of carboxylic acids is 1. The van der Waals surface area contributed by atoms with Crippen molar-refractivity contribution < 1.29 is 14.7 Å². The maximum Gasteiger partial charge on any atom is 0.317 e. The summed E-state index contributed by atoms with van der Waals surface area (Å²) in [6.07, 6.45) is 4.82. The van der Waals surface area contributed by atoms with E-state index in [1.54, 1.807) is 0 Å². The van der Waals surface area contributed by atoms with Crippen LogP contribution in [-0.4, -0.2) is 53.1 Å². The van der Waals surface area contributed by atoms with Gasteiger partial charge in [-0.2, -0.15) is 0 Å². The van der Waals surface area contributed by atoms with Gasteiger partial charge in [0.15, 0.2) is 0 Å². The summed E-state index contributed by atoms with van der Waals surface area (Å²) in [7, 11) is 0. The lowest BCUT2D eigenvalue weighted by molar-refractivity contribution is -0.139. The van der Waals surface area contributed by atoms with Gasteiger partial charge in [-0.15, -0.1) is 0 Å². The minimum Gasteiger partial charge on any atom is -0.480 e. The number of hydrogen-bond donors (Lipinski definition) is 3. The van der Waals surface area contributed by atoms with Crippen molar-refractivity contribution in [3.05, 3.63) is 29.3 Å². The van der Waals surface area contributed by atoms with Crippen molar-refractivity contribution >= 4 is 17.6 Å². The van der Waals surface area contributed by atoms with Gasteiger partial charge in [-0.1, -0.05) is 17.7 Å². The maximum absolute atomic E-state index is 12.3. The minimum atomic E-state index is -0.742. The average Bonchev–Trinajstić information content (AvgIpc) is 3.36. The first-order chi connectivity index (χ1) is 13.3. The fourth-order valence-corrected chi connectivity index (χ4v) is 4.07. The fourth-order valence-electron chi connectivity index (χ4n) is 4.07. The molecule has 1 atom stereocenters. The number of nitrogens with zero attached hydrogens (tertiary/aromatic N) is 1. The van der Waals surface area contributed by atoms with Gasteiger partial charge < -0.3 is 15.7 Å². The zero-order valence-corrected chi connectivity index (χ0v) is 17.2. The second-order valence-corrected chi connectivity index (χ2v) is 8.73. The minimum absolute atomic E-state index is 0.0177. The van der Waals surface area contributed by atoms with Crippen LogP contribution in [0, 0.1) is 19.8 Å². The molecule has 0 bridgehead atoms. The second kappa shape index (κ2) is 9.05. The van der Waals surface area contributed by atoms with E-state index in [1.165, 1.54) is 18.4 Å². The molecule has 0 heterocycles. The Hall–Kier alpha value is -1.92. The fraction of sp³-hybridized carbons (Fsp3) is 0.636. The van der Waals surface area contributed by atoms with E-state index in [2.05, 4.69) is 21.6 Å². The van der Waals surface area contributed by atoms with Gasteiger partial charge >= 0.3 is 5.97 Å². The normalized spacial score (nSPS) is 22.6. The Labute approximate surface area is 167 Å². The van der Waals surface area contributed by atoms with Crippen LogP contribution in [0.2, 0.25) is 0 Å². The monoisotopic (exact) mass is 387 g/mol. The number of benzene rings is 1. The number of aliphatic carboxylic acids is 1. The Bertz CT molecular complexity index is 711. The highest BCUT2D eigenvalue weighted by atomic mass is 16.4. The summed E-state index contributed by atoms with van der Waals surface area (Å²) in [5.41, 5.74) is 3.13. The topological polar surface area (TPSA) is 81.7 Å². The largest absolute Gasteiger partial charge is 0.480 e. The Morgan fingerprint density at radius 3 is 2.57 bits per heavy atom. The van der Waals surface area contributed by atoms with Crippen LogP contribution < -0.4 is 10.6 Å². The molecule has 3 rings (SSSR count). The molecular weight excluding hydrogens is 354 g/mol. The van der Waals surface area contributed by atoms with Gasteiger partial charge in [-0.3, -0.25) is 14.5 Å². The highest BCUT2D eigenvalue weighted by molar-refractivity contribution is 5.91. The van der Waals surface area contributed by atoms with Crippen LogP contribution in [0.15, 0.2) is 18.2 Å². The van der Waals surface area contributed by atoms with Crippen LogP contribution in [0.4, 0.5) is 5.69 Å². The van der Waals surface area contributed by atoms with E-state index in [-0.39, 0.29) is 18.5 Å². The lowest BCUT2D eigenvalue weighted by Crippen LogP contribution is -2.56. The molecule has 2 aliphatic carbocycles. The molecule has 28 heavy (non-hydrogen) atoms. The third kappa shape index (κ3) is 6.04. The number of aryl methyl sites for hydroxylation is 2. The summed E-state index contributed by atoms with van der Waals surface area (Å²) in [4.78, 5) is 25.6. The molecule has 1 aromatic rings. The predicted octanol–water partition coefficient (Wildman–Crippen LogP) is 2.94. The standard InChI is InChI=1S/C22H33N3O3/c1-14-4-7-20(15(2)8-14)24-21(26)9-16(3)23-18-10-19(11-18)25(13-22(27)28)12-17-5-6-17/h4,7-8,16-19,23H,5-6,9-13H2,1-3H3,(H,24,26)(H,27,28). The smallest absolute Gasteiger partial charge is 0.317 e. The van der Waals surface area contributed by atoms with E-state index >= 15 is 0 Å². The number of carbonyl (C=O) groups is 2. The van der Waals surface area contributed by atoms with Gasteiger partial charge in [-0.05, 0) is 64.0 Å². The molecule has 0 saturated heterocycles. The zero-order chi connectivity index (χ0) is 20.3. The number of hydrogen-bond acceptors (Lipinski definition) is 4. The van der Waals surface area contributed by atoms with Crippen molar-refractivity contribution in [1.29, 1.82) is 0 Å². The third-order valence-electron chi connectivity index (χ3n) is 5.83. The first-order valence-electron chi connectivity index (χ1n) is 10.4. The van der Waals surface area contributed by atoms with E-state index in [0.717, 1.165) is 30.6 Å². The van der Waals surface area contributed by atoms with Gasteiger partial charge in [0.05, 0.1) is 6.54 Å². The number of carboxylic acid groups (broad SMARTS) is 1. The molecule has 154 valence electrons. The highest BCUT2D eigenvalue weighted by Gasteiger charge is 2.37. The molecule has 0 radical (unpaired) electrons. The number of anilines is 1. The van der Waals surface area contributed by atoms with Gasteiger partial charge in [0.1, 0.15) is 0 Å². The molecule has 2 saturated carbocycles. The molecule has 0 aliphatic heterocycles. The first kappa shape index (κ1) is 20.8. The third-order valence-corrected chi connectivity index (χ3v) is 5.83. The van der Waals surface area contributed by atoms with Crippen LogP contribution in [0.1, 0.15) is 50.2 Å². The second-order valence-electron chi connectivity index (χ2n) is 8.73. The maximum atomic E-state index is 12.3. The molecule has 2 fully saturated rings. The van der Waals surface area contributed by atoms with Gasteiger partial charge in [0, 0.05) is 36.8 Å². The molecule has 2 aliphatic rings. The lowest BCUT2D eigenvalue weighted by Gasteiger charge is -2.44. The van der Waals surface area contributed by atoms with E-state index < -0.39 is 5.97 Å². The Morgan fingerprint density at radius 2 is 1.96 bits per heavy atom. The van der Waals surface area contributed by atoms with Crippen molar-refractivity contribution in [2.24, 2.45) is 5.92 Å². The molecule has 6 heteroatoms. The Morgan fingerprint density at radius 1 is 1.25 bits per heavy atom. The van der Waals surface area contributed by atoms with E-state index in [1.807, 2.05) is 32.9 Å². The molecule has 3 N–H and O–H groups in total. The van der Waals surface area contributed by atoms with Gasteiger partial charge in [0.25, 0.3) is 0 Å². The Balaban J connectivity index is 1.40. The molecule has 0 aromatic heterocycles. The van der Waals surface area contributed by atoms with Crippen molar-refractivity contribution in [3.8, 4) is 0 Å². The summed E-state index contributed by atoms with van der Waals surface area (Å²) in [5, 5.41) is 15.7. The number of nitrogens with one attached hydrogen (secondary N) is 2. The van der Waals surface area contributed by atoms with E-state index in [9.17, 15) is 9.59 Å².